The molecule has 0 aromatic heterocycles. The number of hydrogen-bond acceptors (Lipinski definition) is 3. The fourth-order valence-electron chi connectivity index (χ4n) is 2.90. The second-order valence-electron chi connectivity index (χ2n) is 5.73. The number of carbonyl (C=O) groups excluding carboxylic acids is 1. The Morgan fingerprint density at radius 2 is 1.95 bits per heavy atom. The zero-order valence-corrected chi connectivity index (χ0v) is 13.0. The number of nitrogens with zero attached hydrogens (tertiary/aromatic N) is 1. The van der Waals surface area contributed by atoms with Gasteiger partial charge in [0.05, 0.1) is 12.2 Å². The first kappa shape index (κ1) is 15.8. The number of hydrogen-bond donors (Lipinski definition) is 1. The number of para-hydroxylation sites is 1. The molecule has 1 saturated heterocycles. The molecule has 4 heteroatoms. The van der Waals surface area contributed by atoms with E-state index >= 15 is 0 Å². The summed E-state index contributed by atoms with van der Waals surface area (Å²) in [6, 6.07) is 7.40. The van der Waals surface area contributed by atoms with E-state index in [0.717, 1.165) is 19.3 Å². The van der Waals surface area contributed by atoms with Crippen LogP contribution in [-0.2, 0) is 0 Å². The van der Waals surface area contributed by atoms with Crippen LogP contribution in [0.15, 0.2) is 24.3 Å². The van der Waals surface area contributed by atoms with Gasteiger partial charge in [0.25, 0.3) is 5.91 Å². The van der Waals surface area contributed by atoms with E-state index in [9.17, 15) is 9.90 Å². The lowest BCUT2D eigenvalue weighted by Crippen LogP contribution is -2.44. The van der Waals surface area contributed by atoms with Gasteiger partial charge in [-0.05, 0) is 43.7 Å². The zero-order chi connectivity index (χ0) is 15.3. The highest BCUT2D eigenvalue weighted by Gasteiger charge is 2.34. The molecule has 2 rings (SSSR count). The largest absolute Gasteiger partial charge is 0.493 e. The van der Waals surface area contributed by atoms with Crippen molar-refractivity contribution in [3.05, 3.63) is 29.8 Å². The monoisotopic (exact) mass is 291 g/mol. The highest BCUT2D eigenvalue weighted by Crippen LogP contribution is 2.35. The fraction of sp³-hybridized carbons (Fsp3) is 0.588. The van der Waals surface area contributed by atoms with Crippen LogP contribution in [0.5, 0.6) is 5.75 Å². The van der Waals surface area contributed by atoms with Crippen LogP contribution in [0.1, 0.15) is 43.5 Å². The third kappa shape index (κ3) is 3.38. The molecule has 4 nitrogen and oxygen atoms in total. The van der Waals surface area contributed by atoms with Crippen molar-refractivity contribution in [2.75, 3.05) is 26.3 Å². The van der Waals surface area contributed by atoms with E-state index in [1.54, 1.807) is 0 Å². The summed E-state index contributed by atoms with van der Waals surface area (Å²) in [5.74, 6) is 0.682. The van der Waals surface area contributed by atoms with Gasteiger partial charge in [0, 0.05) is 19.7 Å². The Kier molecular flexibility index (Phi) is 5.23. The van der Waals surface area contributed by atoms with E-state index in [0.29, 0.717) is 31.0 Å². The number of piperidine rings is 1. The van der Waals surface area contributed by atoms with E-state index < -0.39 is 0 Å². The molecule has 1 aromatic carbocycles. The summed E-state index contributed by atoms with van der Waals surface area (Å²) in [6.07, 6.45) is 2.69. The molecule has 116 valence electrons. The molecule has 0 spiro atoms. The SMILES string of the molecule is CCOc1ccccc1C(=O)N1CCC(CC)(CO)CC1. The van der Waals surface area contributed by atoms with Gasteiger partial charge in [-0.1, -0.05) is 19.1 Å². The van der Waals surface area contributed by atoms with Crippen LogP contribution in [-0.4, -0.2) is 42.2 Å². The Labute approximate surface area is 126 Å². The highest BCUT2D eigenvalue weighted by atomic mass is 16.5. The highest BCUT2D eigenvalue weighted by molar-refractivity contribution is 5.97. The molecule has 1 N–H and O–H groups in total. The van der Waals surface area contributed by atoms with Crippen molar-refractivity contribution in [1.29, 1.82) is 0 Å². The molecule has 1 fully saturated rings. The van der Waals surface area contributed by atoms with Crippen molar-refractivity contribution in [2.24, 2.45) is 5.41 Å². The molecule has 0 atom stereocenters. The van der Waals surface area contributed by atoms with Crippen LogP contribution < -0.4 is 4.74 Å². The molecule has 0 saturated carbocycles. The van der Waals surface area contributed by atoms with Gasteiger partial charge in [0.1, 0.15) is 5.75 Å². The summed E-state index contributed by atoms with van der Waals surface area (Å²) in [7, 11) is 0. The zero-order valence-electron chi connectivity index (χ0n) is 13.0. The molecule has 0 bridgehead atoms. The standard InChI is InChI=1S/C17H25NO3/c1-3-17(13-19)9-11-18(12-10-17)16(20)14-7-5-6-8-15(14)21-4-2/h5-8,19H,3-4,9-13H2,1-2H3. The van der Waals surface area contributed by atoms with Crippen molar-refractivity contribution in [2.45, 2.75) is 33.1 Å². The van der Waals surface area contributed by atoms with Crippen molar-refractivity contribution in [3.63, 3.8) is 0 Å². The third-order valence-corrected chi connectivity index (χ3v) is 4.61. The molecular weight excluding hydrogens is 266 g/mol. The van der Waals surface area contributed by atoms with E-state index in [1.807, 2.05) is 36.1 Å². The minimum atomic E-state index is -0.00375. The van der Waals surface area contributed by atoms with E-state index in [4.69, 9.17) is 4.74 Å². The molecule has 0 radical (unpaired) electrons. The summed E-state index contributed by atoms with van der Waals surface area (Å²) in [5.41, 5.74) is 0.628. The van der Waals surface area contributed by atoms with Gasteiger partial charge in [-0.3, -0.25) is 4.79 Å². The first-order valence-electron chi connectivity index (χ1n) is 7.77. The second-order valence-corrected chi connectivity index (χ2v) is 5.73. The number of carbonyl (C=O) groups is 1. The number of rotatable bonds is 5. The summed E-state index contributed by atoms with van der Waals surface area (Å²) in [4.78, 5) is 14.5. The third-order valence-electron chi connectivity index (χ3n) is 4.61. The molecule has 1 amide bonds. The number of aliphatic hydroxyl groups excluding tert-OH is 1. The maximum Gasteiger partial charge on any atom is 0.257 e. The molecule has 21 heavy (non-hydrogen) atoms. The smallest absolute Gasteiger partial charge is 0.257 e. The summed E-state index contributed by atoms with van der Waals surface area (Å²) in [5, 5.41) is 9.57. The molecule has 1 heterocycles. The summed E-state index contributed by atoms with van der Waals surface area (Å²) >= 11 is 0. The molecule has 1 aliphatic rings. The van der Waals surface area contributed by atoms with Gasteiger partial charge in [0.2, 0.25) is 0 Å². The molecular formula is C17H25NO3. The Morgan fingerprint density at radius 1 is 1.29 bits per heavy atom. The first-order valence-corrected chi connectivity index (χ1v) is 7.77. The van der Waals surface area contributed by atoms with Crippen molar-refractivity contribution in [3.8, 4) is 5.75 Å². The molecule has 0 unspecified atom stereocenters. The molecule has 1 aromatic rings. The van der Waals surface area contributed by atoms with Crippen LogP contribution in [0.4, 0.5) is 0 Å². The molecule has 0 aliphatic carbocycles. The Hall–Kier alpha value is -1.55. The van der Waals surface area contributed by atoms with Gasteiger partial charge < -0.3 is 14.7 Å². The summed E-state index contributed by atoms with van der Waals surface area (Å²) in [6.45, 7) is 6.19. The van der Waals surface area contributed by atoms with Crippen LogP contribution in [0.3, 0.4) is 0 Å². The fourth-order valence-corrected chi connectivity index (χ4v) is 2.90. The Morgan fingerprint density at radius 3 is 2.52 bits per heavy atom. The van der Waals surface area contributed by atoms with Gasteiger partial charge in [-0.25, -0.2) is 0 Å². The van der Waals surface area contributed by atoms with Gasteiger partial charge in [0.15, 0.2) is 0 Å². The predicted octanol–water partition coefficient (Wildman–Crippen LogP) is 2.71. The topological polar surface area (TPSA) is 49.8 Å². The van der Waals surface area contributed by atoms with Crippen LogP contribution >= 0.6 is 0 Å². The average Bonchev–Trinajstić information content (AvgIpc) is 2.55. The normalized spacial score (nSPS) is 17.6. The van der Waals surface area contributed by atoms with E-state index in [-0.39, 0.29) is 17.9 Å². The average molecular weight is 291 g/mol. The number of aliphatic hydroxyl groups is 1. The number of benzene rings is 1. The quantitative estimate of drug-likeness (QED) is 0.907. The lowest BCUT2D eigenvalue weighted by molar-refractivity contribution is 0.0336. The second kappa shape index (κ2) is 6.94. The lowest BCUT2D eigenvalue weighted by atomic mass is 9.77. The maximum atomic E-state index is 12.7. The number of likely N-dealkylation sites (tertiary alicyclic amines) is 1. The predicted molar refractivity (Wildman–Crippen MR) is 82.6 cm³/mol. The molecule has 1 aliphatic heterocycles. The number of ether oxygens (including phenoxy) is 1. The Bertz CT molecular complexity index is 473. The van der Waals surface area contributed by atoms with E-state index in [2.05, 4.69) is 6.92 Å². The van der Waals surface area contributed by atoms with Crippen LogP contribution in [0.25, 0.3) is 0 Å². The first-order chi connectivity index (χ1) is 10.2. The van der Waals surface area contributed by atoms with Crippen molar-refractivity contribution >= 4 is 5.91 Å². The van der Waals surface area contributed by atoms with Crippen LogP contribution in [0, 0.1) is 5.41 Å². The maximum absolute atomic E-state index is 12.7. The number of amides is 1. The minimum absolute atomic E-state index is 0.00375. The summed E-state index contributed by atoms with van der Waals surface area (Å²) < 4.78 is 5.54. The minimum Gasteiger partial charge on any atom is -0.493 e. The van der Waals surface area contributed by atoms with E-state index in [1.165, 1.54) is 0 Å². The van der Waals surface area contributed by atoms with Crippen molar-refractivity contribution in [1.82, 2.24) is 4.90 Å². The van der Waals surface area contributed by atoms with Gasteiger partial charge in [-0.2, -0.15) is 0 Å². The van der Waals surface area contributed by atoms with Gasteiger partial charge in [-0.15, -0.1) is 0 Å². The van der Waals surface area contributed by atoms with Gasteiger partial charge >= 0.3 is 0 Å². The lowest BCUT2D eigenvalue weighted by Gasteiger charge is -2.40. The van der Waals surface area contributed by atoms with Crippen LogP contribution in [0.2, 0.25) is 0 Å². The van der Waals surface area contributed by atoms with Crippen molar-refractivity contribution < 1.29 is 14.6 Å². The Balaban J connectivity index is 2.09.